The molecule has 0 aromatic carbocycles. The number of likely N-dealkylation sites (tertiary alicyclic amines) is 1. The van der Waals surface area contributed by atoms with E-state index in [1.54, 1.807) is 18.5 Å². The lowest BCUT2D eigenvalue weighted by atomic mass is 9.90. The SMILES string of the molecule is O=CC=CN1CCC(c2cccnc2Oc2cnc(C(F)(F)F)nc2)CC1. The Balaban J connectivity index is 1.71. The van der Waals surface area contributed by atoms with Crippen molar-refractivity contribution >= 4 is 6.29 Å². The molecule has 0 atom stereocenters. The maximum absolute atomic E-state index is 12.6. The molecule has 0 aliphatic carbocycles. The Morgan fingerprint density at radius 2 is 1.85 bits per heavy atom. The van der Waals surface area contributed by atoms with Crippen LogP contribution in [-0.2, 0) is 11.0 Å². The molecule has 27 heavy (non-hydrogen) atoms. The Kier molecular flexibility index (Phi) is 5.68. The minimum atomic E-state index is -4.60. The fraction of sp³-hybridized carbons (Fsp3) is 0.333. The third-order valence-corrected chi connectivity index (χ3v) is 4.24. The van der Waals surface area contributed by atoms with Crippen LogP contribution in [0.1, 0.15) is 30.1 Å². The summed E-state index contributed by atoms with van der Waals surface area (Å²) in [5.41, 5.74) is 0.886. The second kappa shape index (κ2) is 8.15. The van der Waals surface area contributed by atoms with Crippen molar-refractivity contribution < 1.29 is 22.7 Å². The van der Waals surface area contributed by atoms with Crippen molar-refractivity contribution in [3.05, 3.63) is 54.4 Å². The third kappa shape index (κ3) is 4.81. The molecule has 2 aromatic rings. The largest absolute Gasteiger partial charge is 0.451 e. The number of ether oxygens (including phenoxy) is 1. The summed E-state index contributed by atoms with van der Waals surface area (Å²) in [4.78, 5) is 23.3. The Morgan fingerprint density at radius 1 is 1.15 bits per heavy atom. The minimum absolute atomic E-state index is 0.0919. The van der Waals surface area contributed by atoms with E-state index in [2.05, 4.69) is 19.9 Å². The summed E-state index contributed by atoms with van der Waals surface area (Å²) < 4.78 is 43.3. The molecule has 3 heterocycles. The van der Waals surface area contributed by atoms with Crippen LogP contribution in [0.4, 0.5) is 13.2 Å². The number of aromatic nitrogens is 3. The van der Waals surface area contributed by atoms with Crippen molar-refractivity contribution in [3.63, 3.8) is 0 Å². The summed E-state index contributed by atoms with van der Waals surface area (Å²) in [5.74, 6) is -0.589. The zero-order chi connectivity index (χ0) is 19.3. The lowest BCUT2D eigenvalue weighted by Crippen LogP contribution is -2.28. The lowest BCUT2D eigenvalue weighted by molar-refractivity contribution is -0.145. The van der Waals surface area contributed by atoms with Crippen molar-refractivity contribution in [1.82, 2.24) is 19.9 Å². The molecule has 0 radical (unpaired) electrons. The van der Waals surface area contributed by atoms with Gasteiger partial charge in [-0.2, -0.15) is 13.2 Å². The Labute approximate surface area is 153 Å². The molecular weight excluding hydrogens is 361 g/mol. The van der Waals surface area contributed by atoms with Gasteiger partial charge in [-0.1, -0.05) is 6.07 Å². The van der Waals surface area contributed by atoms with Crippen LogP contribution < -0.4 is 4.74 Å². The molecule has 9 heteroatoms. The van der Waals surface area contributed by atoms with E-state index in [1.807, 2.05) is 6.07 Å². The molecule has 142 valence electrons. The van der Waals surface area contributed by atoms with Gasteiger partial charge in [0.2, 0.25) is 11.7 Å². The third-order valence-electron chi connectivity index (χ3n) is 4.24. The Hall–Kier alpha value is -2.97. The van der Waals surface area contributed by atoms with Gasteiger partial charge < -0.3 is 9.64 Å². The molecule has 1 saturated heterocycles. The number of allylic oxidation sites excluding steroid dienone is 1. The van der Waals surface area contributed by atoms with Crippen molar-refractivity contribution in [1.29, 1.82) is 0 Å². The van der Waals surface area contributed by atoms with Gasteiger partial charge >= 0.3 is 6.18 Å². The van der Waals surface area contributed by atoms with Crippen LogP contribution in [0.15, 0.2) is 43.0 Å². The normalized spacial score (nSPS) is 15.9. The van der Waals surface area contributed by atoms with Gasteiger partial charge in [-0.25, -0.2) is 15.0 Å². The highest BCUT2D eigenvalue weighted by Gasteiger charge is 2.34. The Bertz CT molecular complexity index is 801. The number of carbonyl (C=O) groups is 1. The molecule has 1 aliphatic heterocycles. The number of halogens is 3. The van der Waals surface area contributed by atoms with E-state index in [-0.39, 0.29) is 11.7 Å². The van der Waals surface area contributed by atoms with Crippen molar-refractivity contribution in [2.45, 2.75) is 24.9 Å². The number of rotatable bonds is 5. The first-order valence-corrected chi connectivity index (χ1v) is 8.35. The molecule has 3 rings (SSSR count). The number of hydrogen-bond donors (Lipinski definition) is 0. The second-order valence-corrected chi connectivity index (χ2v) is 6.03. The van der Waals surface area contributed by atoms with Gasteiger partial charge in [0.05, 0.1) is 12.4 Å². The van der Waals surface area contributed by atoms with Gasteiger partial charge in [-0.3, -0.25) is 4.79 Å². The fourth-order valence-electron chi connectivity index (χ4n) is 2.94. The number of pyridine rings is 1. The van der Waals surface area contributed by atoms with Crippen molar-refractivity contribution in [2.24, 2.45) is 0 Å². The highest BCUT2D eigenvalue weighted by Crippen LogP contribution is 2.35. The number of piperidine rings is 1. The topological polar surface area (TPSA) is 68.2 Å². The zero-order valence-corrected chi connectivity index (χ0v) is 14.3. The van der Waals surface area contributed by atoms with E-state index >= 15 is 0 Å². The zero-order valence-electron chi connectivity index (χ0n) is 14.3. The number of carbonyl (C=O) groups excluding carboxylic acids is 1. The smallest absolute Gasteiger partial charge is 0.435 e. The van der Waals surface area contributed by atoms with E-state index in [4.69, 9.17) is 4.74 Å². The molecule has 0 bridgehead atoms. The van der Waals surface area contributed by atoms with Crippen LogP contribution in [0.5, 0.6) is 11.6 Å². The molecule has 0 unspecified atom stereocenters. The molecular formula is C18H17F3N4O2. The van der Waals surface area contributed by atoms with Gasteiger partial charge in [0.25, 0.3) is 0 Å². The van der Waals surface area contributed by atoms with Crippen LogP contribution in [0.25, 0.3) is 0 Å². The highest BCUT2D eigenvalue weighted by molar-refractivity contribution is 5.64. The molecule has 2 aromatic heterocycles. The maximum atomic E-state index is 12.6. The molecule has 0 N–H and O–H groups in total. The number of alkyl halides is 3. The number of aldehydes is 1. The maximum Gasteiger partial charge on any atom is 0.451 e. The van der Waals surface area contributed by atoms with Crippen LogP contribution in [0, 0.1) is 0 Å². The predicted molar refractivity (Wildman–Crippen MR) is 90.1 cm³/mol. The average molecular weight is 378 g/mol. The van der Waals surface area contributed by atoms with Crippen LogP contribution in [0.2, 0.25) is 0 Å². The van der Waals surface area contributed by atoms with E-state index < -0.39 is 12.0 Å². The van der Waals surface area contributed by atoms with Gasteiger partial charge in [0.15, 0.2) is 5.75 Å². The lowest BCUT2D eigenvalue weighted by Gasteiger charge is -2.31. The van der Waals surface area contributed by atoms with E-state index in [1.165, 1.54) is 6.08 Å². The predicted octanol–water partition coefficient (Wildman–Crippen LogP) is 3.57. The molecule has 6 nitrogen and oxygen atoms in total. The van der Waals surface area contributed by atoms with Gasteiger partial charge in [-0.05, 0) is 30.9 Å². The summed E-state index contributed by atoms with van der Waals surface area (Å²) in [7, 11) is 0. The highest BCUT2D eigenvalue weighted by atomic mass is 19.4. The van der Waals surface area contributed by atoms with E-state index in [0.29, 0.717) is 5.88 Å². The molecule has 1 fully saturated rings. The first kappa shape index (κ1) is 18.8. The van der Waals surface area contributed by atoms with Crippen LogP contribution >= 0.6 is 0 Å². The van der Waals surface area contributed by atoms with Gasteiger partial charge in [0.1, 0.15) is 6.29 Å². The molecule has 0 amide bonds. The molecule has 1 aliphatic rings. The van der Waals surface area contributed by atoms with E-state index in [9.17, 15) is 18.0 Å². The number of nitrogens with zero attached hydrogens (tertiary/aromatic N) is 4. The average Bonchev–Trinajstić information content (AvgIpc) is 2.67. The molecule has 0 spiro atoms. The summed E-state index contributed by atoms with van der Waals surface area (Å²) in [5, 5.41) is 0. The van der Waals surface area contributed by atoms with Gasteiger partial charge in [0, 0.05) is 31.0 Å². The first-order valence-electron chi connectivity index (χ1n) is 8.35. The summed E-state index contributed by atoms with van der Waals surface area (Å²) in [6.45, 7) is 1.57. The monoisotopic (exact) mass is 378 g/mol. The first-order chi connectivity index (χ1) is 13.0. The second-order valence-electron chi connectivity index (χ2n) is 6.03. The quantitative estimate of drug-likeness (QED) is 0.585. The standard InChI is InChI=1S/C18H17F3N4O2/c19-18(20,21)17-23-11-14(12-24-17)27-16-15(3-1-6-22-16)13-4-8-25(9-5-13)7-2-10-26/h1-3,6-7,10-13H,4-5,8-9H2. The number of hydrogen-bond acceptors (Lipinski definition) is 6. The van der Waals surface area contributed by atoms with E-state index in [0.717, 1.165) is 50.2 Å². The summed E-state index contributed by atoms with van der Waals surface area (Å²) >= 11 is 0. The fourth-order valence-corrected chi connectivity index (χ4v) is 2.94. The minimum Gasteiger partial charge on any atom is -0.435 e. The Morgan fingerprint density at radius 3 is 2.48 bits per heavy atom. The summed E-state index contributed by atoms with van der Waals surface area (Å²) in [6, 6.07) is 3.69. The van der Waals surface area contributed by atoms with Gasteiger partial charge in [-0.15, -0.1) is 0 Å². The molecule has 0 saturated carbocycles. The summed E-state index contributed by atoms with van der Waals surface area (Å²) in [6.07, 6.45) is 4.59. The van der Waals surface area contributed by atoms with Crippen molar-refractivity contribution in [2.75, 3.05) is 13.1 Å². The van der Waals surface area contributed by atoms with Crippen LogP contribution in [0.3, 0.4) is 0 Å². The van der Waals surface area contributed by atoms with Crippen LogP contribution in [-0.4, -0.2) is 39.2 Å². The van der Waals surface area contributed by atoms with Crippen molar-refractivity contribution in [3.8, 4) is 11.6 Å².